The average Bonchev–Trinajstić information content (AvgIpc) is 2.84. The number of nitrogens with zero attached hydrogens (tertiary/aromatic N) is 4. The van der Waals surface area contributed by atoms with Crippen molar-refractivity contribution in [3.05, 3.63) is 23.9 Å². The summed E-state index contributed by atoms with van der Waals surface area (Å²) in [6.07, 6.45) is 8.28. The Hall–Kier alpha value is -2.53. The number of nitriles is 1. The van der Waals surface area contributed by atoms with E-state index in [1.54, 1.807) is 12.3 Å². The fourth-order valence-corrected chi connectivity index (χ4v) is 3.17. The van der Waals surface area contributed by atoms with E-state index in [1.807, 2.05) is 11.0 Å². The van der Waals surface area contributed by atoms with Crippen molar-refractivity contribution in [2.75, 3.05) is 24.5 Å². The molecule has 0 N–H and O–H groups in total. The molecule has 2 atom stereocenters. The highest BCUT2D eigenvalue weighted by Crippen LogP contribution is 2.30. The predicted octanol–water partition coefficient (Wildman–Crippen LogP) is 1.01. The molecule has 0 saturated carbocycles. The summed E-state index contributed by atoms with van der Waals surface area (Å²) in [5.74, 6) is 3.64. The van der Waals surface area contributed by atoms with Crippen LogP contribution in [0.1, 0.15) is 18.4 Å². The van der Waals surface area contributed by atoms with Crippen LogP contribution in [-0.4, -0.2) is 41.5 Å². The topological polar surface area (TPSA) is 60.2 Å². The average molecular weight is 280 g/mol. The molecular weight excluding hydrogens is 264 g/mol. The molecule has 0 spiro atoms. The van der Waals surface area contributed by atoms with E-state index in [1.165, 1.54) is 0 Å². The minimum atomic E-state index is -0.0196. The van der Waals surface area contributed by atoms with Gasteiger partial charge in [-0.25, -0.2) is 4.98 Å². The maximum absolute atomic E-state index is 12.2. The first kappa shape index (κ1) is 13.5. The van der Waals surface area contributed by atoms with E-state index in [9.17, 15) is 4.79 Å². The Labute approximate surface area is 124 Å². The highest BCUT2D eigenvalue weighted by atomic mass is 16.2. The van der Waals surface area contributed by atoms with Crippen molar-refractivity contribution < 1.29 is 4.79 Å². The smallest absolute Gasteiger partial charge is 0.227 e. The van der Waals surface area contributed by atoms with Gasteiger partial charge in [0.05, 0.1) is 17.5 Å². The number of aromatic nitrogens is 1. The fourth-order valence-electron chi connectivity index (χ4n) is 3.17. The molecule has 21 heavy (non-hydrogen) atoms. The van der Waals surface area contributed by atoms with Gasteiger partial charge in [-0.3, -0.25) is 4.79 Å². The quantitative estimate of drug-likeness (QED) is 0.759. The summed E-state index contributed by atoms with van der Waals surface area (Å²) in [5, 5.41) is 8.81. The third-order valence-corrected chi connectivity index (χ3v) is 4.24. The van der Waals surface area contributed by atoms with Gasteiger partial charge in [-0.05, 0) is 18.6 Å². The SMILES string of the molecule is C#CC[C@H]1C[C@H]2CN(c3ccc(C#N)cn3)CCN2C1=O. The molecule has 2 fully saturated rings. The molecule has 3 rings (SSSR count). The summed E-state index contributed by atoms with van der Waals surface area (Å²) in [4.78, 5) is 20.7. The molecule has 0 aromatic carbocycles. The Kier molecular flexibility index (Phi) is 3.50. The van der Waals surface area contributed by atoms with Crippen LogP contribution in [0.3, 0.4) is 0 Å². The van der Waals surface area contributed by atoms with Crippen molar-refractivity contribution in [1.29, 1.82) is 5.26 Å². The Morgan fingerprint density at radius 2 is 2.29 bits per heavy atom. The van der Waals surface area contributed by atoms with Crippen LogP contribution < -0.4 is 4.90 Å². The minimum Gasteiger partial charge on any atom is -0.353 e. The first-order valence-corrected chi connectivity index (χ1v) is 7.08. The lowest BCUT2D eigenvalue weighted by Gasteiger charge is -2.38. The van der Waals surface area contributed by atoms with Gasteiger partial charge in [0.15, 0.2) is 0 Å². The van der Waals surface area contributed by atoms with Gasteiger partial charge in [0.1, 0.15) is 11.9 Å². The summed E-state index contributed by atoms with van der Waals surface area (Å²) in [6, 6.07) is 5.93. The molecule has 0 radical (unpaired) electrons. The number of hydrogen-bond acceptors (Lipinski definition) is 4. The van der Waals surface area contributed by atoms with Crippen LogP contribution in [0.2, 0.25) is 0 Å². The predicted molar refractivity (Wildman–Crippen MR) is 78.2 cm³/mol. The third kappa shape index (κ3) is 2.43. The van der Waals surface area contributed by atoms with Gasteiger partial charge in [0, 0.05) is 32.3 Å². The van der Waals surface area contributed by atoms with E-state index in [0.717, 1.165) is 25.3 Å². The van der Waals surface area contributed by atoms with Crippen molar-refractivity contribution >= 4 is 11.7 Å². The zero-order valence-corrected chi connectivity index (χ0v) is 11.7. The maximum Gasteiger partial charge on any atom is 0.227 e. The second kappa shape index (κ2) is 5.46. The van der Waals surface area contributed by atoms with Gasteiger partial charge in [-0.1, -0.05) is 0 Å². The number of terminal acetylenes is 1. The molecule has 1 amide bonds. The number of hydrogen-bond donors (Lipinski definition) is 0. The summed E-state index contributed by atoms with van der Waals surface area (Å²) in [6.45, 7) is 2.27. The van der Waals surface area contributed by atoms with Crippen molar-refractivity contribution in [2.24, 2.45) is 5.92 Å². The summed E-state index contributed by atoms with van der Waals surface area (Å²) >= 11 is 0. The van der Waals surface area contributed by atoms with E-state index in [4.69, 9.17) is 11.7 Å². The van der Waals surface area contributed by atoms with E-state index in [2.05, 4.69) is 21.9 Å². The highest BCUT2D eigenvalue weighted by molar-refractivity contribution is 5.82. The van der Waals surface area contributed by atoms with Crippen LogP contribution in [0.25, 0.3) is 0 Å². The van der Waals surface area contributed by atoms with Crippen molar-refractivity contribution in [1.82, 2.24) is 9.88 Å². The molecule has 0 aliphatic carbocycles. The van der Waals surface area contributed by atoms with Crippen LogP contribution in [-0.2, 0) is 4.79 Å². The van der Waals surface area contributed by atoms with E-state index in [-0.39, 0.29) is 17.9 Å². The molecule has 3 heterocycles. The zero-order chi connectivity index (χ0) is 14.8. The monoisotopic (exact) mass is 280 g/mol. The van der Waals surface area contributed by atoms with Crippen LogP contribution in [0, 0.1) is 29.6 Å². The van der Waals surface area contributed by atoms with Crippen LogP contribution in [0.5, 0.6) is 0 Å². The number of pyridine rings is 1. The molecule has 2 aliphatic heterocycles. The van der Waals surface area contributed by atoms with E-state index in [0.29, 0.717) is 18.5 Å². The highest BCUT2D eigenvalue weighted by Gasteiger charge is 2.41. The molecule has 106 valence electrons. The Balaban J connectivity index is 1.71. The zero-order valence-electron chi connectivity index (χ0n) is 11.7. The minimum absolute atomic E-state index is 0.0196. The largest absolute Gasteiger partial charge is 0.353 e. The van der Waals surface area contributed by atoms with Crippen molar-refractivity contribution in [2.45, 2.75) is 18.9 Å². The number of carbonyl (C=O) groups is 1. The third-order valence-electron chi connectivity index (χ3n) is 4.24. The number of anilines is 1. The standard InChI is InChI=1S/C16H16N4O/c1-2-3-13-8-14-11-19(6-7-20(14)16(13)21)15-5-4-12(9-17)10-18-15/h1,4-5,10,13-14H,3,6-8,11H2/t13-,14-/m0/s1. The lowest BCUT2D eigenvalue weighted by atomic mass is 10.0. The van der Waals surface area contributed by atoms with Gasteiger partial charge < -0.3 is 9.80 Å². The van der Waals surface area contributed by atoms with Gasteiger partial charge in [-0.2, -0.15) is 5.26 Å². The van der Waals surface area contributed by atoms with Gasteiger partial charge in [-0.15, -0.1) is 12.3 Å². The molecule has 1 aromatic rings. The van der Waals surface area contributed by atoms with Crippen LogP contribution in [0.15, 0.2) is 18.3 Å². The summed E-state index contributed by atoms with van der Waals surface area (Å²) in [5.41, 5.74) is 0.558. The van der Waals surface area contributed by atoms with E-state index >= 15 is 0 Å². The van der Waals surface area contributed by atoms with Crippen molar-refractivity contribution in [3.8, 4) is 18.4 Å². The van der Waals surface area contributed by atoms with Crippen LogP contribution >= 0.6 is 0 Å². The summed E-state index contributed by atoms with van der Waals surface area (Å²) in [7, 11) is 0. The molecule has 2 aliphatic rings. The Bertz CT molecular complexity index is 625. The molecule has 5 nitrogen and oxygen atoms in total. The Morgan fingerprint density at radius 3 is 2.95 bits per heavy atom. The van der Waals surface area contributed by atoms with E-state index < -0.39 is 0 Å². The second-order valence-corrected chi connectivity index (χ2v) is 5.49. The lowest BCUT2D eigenvalue weighted by Crippen LogP contribution is -2.51. The molecule has 0 bridgehead atoms. The first-order valence-electron chi connectivity index (χ1n) is 7.08. The number of piperazine rings is 1. The first-order chi connectivity index (χ1) is 10.2. The molecule has 5 heteroatoms. The van der Waals surface area contributed by atoms with Crippen molar-refractivity contribution in [3.63, 3.8) is 0 Å². The number of rotatable bonds is 2. The number of fused-ring (bicyclic) bond motifs is 1. The molecule has 0 unspecified atom stereocenters. The summed E-state index contributed by atoms with van der Waals surface area (Å²) < 4.78 is 0. The van der Waals surface area contributed by atoms with Gasteiger partial charge >= 0.3 is 0 Å². The van der Waals surface area contributed by atoms with Gasteiger partial charge in [0.25, 0.3) is 0 Å². The normalized spacial score (nSPS) is 24.4. The molecular formula is C16H16N4O. The second-order valence-electron chi connectivity index (χ2n) is 5.49. The molecule has 1 aromatic heterocycles. The fraction of sp³-hybridized carbons (Fsp3) is 0.438. The lowest BCUT2D eigenvalue weighted by molar-refractivity contribution is -0.132. The number of carbonyl (C=O) groups excluding carboxylic acids is 1. The van der Waals surface area contributed by atoms with Crippen LogP contribution in [0.4, 0.5) is 5.82 Å². The van der Waals surface area contributed by atoms with Gasteiger partial charge in [0.2, 0.25) is 5.91 Å². The number of amides is 1. The Morgan fingerprint density at radius 1 is 1.43 bits per heavy atom. The maximum atomic E-state index is 12.2. The molecule has 2 saturated heterocycles.